The molecule has 1 amide bonds. The van der Waals surface area contributed by atoms with Crippen LogP contribution < -0.4 is 10.9 Å². The van der Waals surface area contributed by atoms with Gasteiger partial charge in [0.25, 0.3) is 5.91 Å². The maximum Gasteiger partial charge on any atom is 0.348 e. The number of amides is 1. The number of para-hydroxylation sites is 1. The monoisotopic (exact) mass is 305 g/mol. The molecule has 1 N–H and O–H groups in total. The summed E-state index contributed by atoms with van der Waals surface area (Å²) in [7, 11) is 0. The molecule has 0 aliphatic carbocycles. The first kappa shape index (κ1) is 14.5. The van der Waals surface area contributed by atoms with Crippen molar-refractivity contribution in [3.05, 3.63) is 70.1 Å². The molecule has 2 aromatic carbocycles. The molecule has 3 aromatic rings. The topological polar surface area (TPSA) is 96.0 Å². The molecule has 0 fully saturated rings. The van der Waals surface area contributed by atoms with Crippen LogP contribution in [0, 0.1) is 11.3 Å². The molecule has 6 nitrogen and oxygen atoms in total. The van der Waals surface area contributed by atoms with Gasteiger partial charge in [-0.15, -0.1) is 0 Å². The minimum atomic E-state index is -0.560. The van der Waals surface area contributed by atoms with Crippen LogP contribution in [0.15, 0.2) is 57.7 Å². The molecule has 0 aliphatic rings. The number of nitrogens with one attached hydrogen (secondary N) is 1. The average Bonchev–Trinajstić information content (AvgIpc) is 2.56. The van der Waals surface area contributed by atoms with E-state index in [2.05, 4.69) is 10.3 Å². The van der Waals surface area contributed by atoms with Gasteiger partial charge in [-0.05, 0) is 29.8 Å². The molecule has 0 saturated carbocycles. The smallest absolute Gasteiger partial charge is 0.348 e. The van der Waals surface area contributed by atoms with E-state index in [9.17, 15) is 9.59 Å². The molecule has 0 radical (unpaired) electrons. The van der Waals surface area contributed by atoms with Gasteiger partial charge in [0.2, 0.25) is 0 Å². The third kappa shape index (κ3) is 3.09. The van der Waals surface area contributed by atoms with Crippen molar-refractivity contribution >= 4 is 22.8 Å². The number of hydrogen-bond acceptors (Lipinski definition) is 5. The van der Waals surface area contributed by atoms with Crippen LogP contribution in [0.4, 0.5) is 6.01 Å². The fourth-order valence-electron chi connectivity index (χ4n) is 2.11. The van der Waals surface area contributed by atoms with E-state index >= 15 is 0 Å². The fraction of sp³-hybridized carbons (Fsp3) is 0.0588. The van der Waals surface area contributed by atoms with E-state index in [-0.39, 0.29) is 12.4 Å². The number of fused-ring (bicyclic) bond motifs is 1. The molecule has 0 spiro atoms. The van der Waals surface area contributed by atoms with Gasteiger partial charge in [-0.25, -0.2) is 4.79 Å². The van der Waals surface area contributed by atoms with Crippen molar-refractivity contribution < 1.29 is 9.21 Å². The van der Waals surface area contributed by atoms with Crippen molar-refractivity contribution in [1.29, 1.82) is 5.26 Å². The Kier molecular flexibility index (Phi) is 3.85. The Labute approximate surface area is 131 Å². The van der Waals surface area contributed by atoms with E-state index in [4.69, 9.17) is 9.68 Å². The summed E-state index contributed by atoms with van der Waals surface area (Å²) in [5, 5.41) is 11.4. The molecule has 6 heteroatoms. The quantitative estimate of drug-likeness (QED) is 0.802. The van der Waals surface area contributed by atoms with Crippen molar-refractivity contribution in [3.63, 3.8) is 0 Å². The lowest BCUT2D eigenvalue weighted by Crippen LogP contribution is -2.15. The molecule has 0 unspecified atom stereocenters. The molecule has 0 bridgehead atoms. The highest BCUT2D eigenvalue weighted by Crippen LogP contribution is 2.12. The number of hydrogen-bond donors (Lipinski definition) is 1. The molecule has 23 heavy (non-hydrogen) atoms. The summed E-state index contributed by atoms with van der Waals surface area (Å²) in [6, 6.07) is 15.2. The maximum atomic E-state index is 12.2. The Morgan fingerprint density at radius 1 is 1.17 bits per heavy atom. The number of benzene rings is 2. The highest BCUT2D eigenvalue weighted by Gasteiger charge is 2.11. The first-order valence-electron chi connectivity index (χ1n) is 6.84. The van der Waals surface area contributed by atoms with Crippen molar-refractivity contribution in [2.45, 2.75) is 6.42 Å². The van der Waals surface area contributed by atoms with Crippen LogP contribution in [0.5, 0.6) is 0 Å². The van der Waals surface area contributed by atoms with Crippen LogP contribution >= 0.6 is 0 Å². The number of carbonyl (C=O) groups is 1. The molecule has 1 aromatic heterocycles. The fourth-order valence-corrected chi connectivity index (χ4v) is 2.11. The van der Waals surface area contributed by atoms with Gasteiger partial charge >= 0.3 is 11.6 Å². The second kappa shape index (κ2) is 6.12. The normalized spacial score (nSPS) is 10.2. The van der Waals surface area contributed by atoms with Gasteiger partial charge in [-0.2, -0.15) is 10.2 Å². The SMILES string of the molecule is N#CCc1ccc(C(=O)Nc2nc3ccccc3c(=O)o2)cc1. The van der Waals surface area contributed by atoms with Crippen LogP contribution in [0.3, 0.4) is 0 Å². The molecule has 1 heterocycles. The highest BCUT2D eigenvalue weighted by molar-refractivity contribution is 6.03. The minimum absolute atomic E-state index is 0.153. The van der Waals surface area contributed by atoms with Crippen molar-refractivity contribution in [3.8, 4) is 6.07 Å². The summed E-state index contributed by atoms with van der Waals surface area (Å²) in [4.78, 5) is 28.1. The molecule has 112 valence electrons. The van der Waals surface area contributed by atoms with Crippen LogP contribution in [0.2, 0.25) is 0 Å². The Hall–Kier alpha value is -3.46. The molecule has 3 rings (SSSR count). The van der Waals surface area contributed by atoms with Crippen molar-refractivity contribution in [2.75, 3.05) is 5.32 Å². The minimum Gasteiger partial charge on any atom is -0.388 e. The summed E-state index contributed by atoms with van der Waals surface area (Å²) >= 11 is 0. The zero-order valence-corrected chi connectivity index (χ0v) is 11.9. The molecular formula is C17H11N3O3. The lowest BCUT2D eigenvalue weighted by atomic mass is 10.1. The molecular weight excluding hydrogens is 294 g/mol. The van der Waals surface area contributed by atoms with E-state index in [0.717, 1.165) is 5.56 Å². The molecule has 0 atom stereocenters. The lowest BCUT2D eigenvalue weighted by Gasteiger charge is -2.04. The standard InChI is InChI=1S/C17H11N3O3/c18-10-9-11-5-7-12(8-6-11)15(21)20-17-19-14-4-2-1-3-13(14)16(22)23-17/h1-8H,9H2,(H,19,20,21). The van der Waals surface area contributed by atoms with E-state index in [0.29, 0.717) is 16.5 Å². The second-order valence-corrected chi connectivity index (χ2v) is 4.81. The third-order valence-electron chi connectivity index (χ3n) is 3.26. The highest BCUT2D eigenvalue weighted by atomic mass is 16.4. The van der Waals surface area contributed by atoms with Crippen LogP contribution in [0.1, 0.15) is 15.9 Å². The first-order chi connectivity index (χ1) is 11.2. The average molecular weight is 305 g/mol. The van der Waals surface area contributed by atoms with Crippen LogP contribution in [0.25, 0.3) is 10.9 Å². The first-order valence-corrected chi connectivity index (χ1v) is 6.84. The number of anilines is 1. The van der Waals surface area contributed by atoms with Gasteiger partial charge in [-0.3, -0.25) is 10.1 Å². The number of carbonyl (C=O) groups excluding carboxylic acids is 1. The number of nitriles is 1. The Balaban J connectivity index is 1.85. The van der Waals surface area contributed by atoms with Gasteiger partial charge in [-0.1, -0.05) is 24.3 Å². The third-order valence-corrected chi connectivity index (χ3v) is 3.26. The second-order valence-electron chi connectivity index (χ2n) is 4.81. The van der Waals surface area contributed by atoms with Crippen LogP contribution in [-0.4, -0.2) is 10.9 Å². The van der Waals surface area contributed by atoms with Gasteiger partial charge in [0, 0.05) is 5.56 Å². The number of aromatic nitrogens is 1. The Morgan fingerprint density at radius 3 is 2.65 bits per heavy atom. The predicted octanol–water partition coefficient (Wildman–Crippen LogP) is 2.51. The predicted molar refractivity (Wildman–Crippen MR) is 84.0 cm³/mol. The summed E-state index contributed by atoms with van der Waals surface area (Å²) < 4.78 is 5.00. The van der Waals surface area contributed by atoms with Crippen LogP contribution in [-0.2, 0) is 6.42 Å². The molecule has 0 aliphatic heterocycles. The van der Waals surface area contributed by atoms with E-state index in [1.54, 1.807) is 48.5 Å². The summed E-state index contributed by atoms with van der Waals surface area (Å²) in [6.45, 7) is 0. The van der Waals surface area contributed by atoms with Crippen molar-refractivity contribution in [1.82, 2.24) is 4.98 Å². The van der Waals surface area contributed by atoms with Gasteiger partial charge in [0.1, 0.15) is 0 Å². The Bertz CT molecular complexity index is 969. The zero-order valence-electron chi connectivity index (χ0n) is 11.9. The van der Waals surface area contributed by atoms with Gasteiger partial charge in [0.15, 0.2) is 0 Å². The van der Waals surface area contributed by atoms with E-state index in [1.807, 2.05) is 6.07 Å². The summed E-state index contributed by atoms with van der Waals surface area (Å²) in [5.41, 5.74) is 1.09. The van der Waals surface area contributed by atoms with Crippen molar-refractivity contribution in [2.24, 2.45) is 0 Å². The largest absolute Gasteiger partial charge is 0.388 e. The maximum absolute atomic E-state index is 12.2. The summed E-state index contributed by atoms with van der Waals surface area (Å²) in [6.07, 6.45) is 0.281. The number of rotatable bonds is 3. The zero-order chi connectivity index (χ0) is 16.2. The Morgan fingerprint density at radius 2 is 1.91 bits per heavy atom. The molecule has 0 saturated heterocycles. The lowest BCUT2D eigenvalue weighted by molar-refractivity contribution is 0.102. The van der Waals surface area contributed by atoms with Gasteiger partial charge < -0.3 is 4.42 Å². The summed E-state index contributed by atoms with van der Waals surface area (Å²) in [5.74, 6) is -0.445. The number of nitrogens with zero attached hydrogens (tertiary/aromatic N) is 2. The van der Waals surface area contributed by atoms with Gasteiger partial charge in [0.05, 0.1) is 23.4 Å². The van der Waals surface area contributed by atoms with E-state index in [1.165, 1.54) is 0 Å². The van der Waals surface area contributed by atoms with E-state index < -0.39 is 11.5 Å².